The Labute approximate surface area is 172 Å². The zero-order chi connectivity index (χ0) is 19.3. The largest absolute Gasteiger partial charge is 0.384 e. The normalized spacial score (nSPS) is 17.1. The number of hydrogen-bond donors (Lipinski definition) is 2. The van der Waals surface area contributed by atoms with Crippen LogP contribution in [0.5, 0.6) is 0 Å². The average molecular weight is 495 g/mol. The Bertz CT molecular complexity index is 1020. The topological polar surface area (TPSA) is 94.2 Å². The molecule has 2 amide bonds. The monoisotopic (exact) mass is 493 g/mol. The molecule has 2 aromatic rings. The molecule has 27 heavy (non-hydrogen) atoms. The third-order valence-electron chi connectivity index (χ3n) is 5.29. The highest BCUT2D eigenvalue weighted by molar-refractivity contribution is 9.11. The number of aromatic nitrogens is 1. The number of rotatable bonds is 2. The summed E-state index contributed by atoms with van der Waals surface area (Å²) in [5.41, 5.74) is 7.46. The summed E-state index contributed by atoms with van der Waals surface area (Å²) in [5.74, 6) is -0.741. The van der Waals surface area contributed by atoms with Crippen LogP contribution in [-0.2, 0) is 0 Å². The van der Waals surface area contributed by atoms with Crippen LogP contribution in [0, 0.1) is 0 Å². The lowest BCUT2D eigenvalue weighted by Gasteiger charge is -2.24. The summed E-state index contributed by atoms with van der Waals surface area (Å²) < 4.78 is 2.67. The van der Waals surface area contributed by atoms with Gasteiger partial charge in [-0.25, -0.2) is 0 Å². The van der Waals surface area contributed by atoms with Crippen LogP contribution < -0.4 is 16.6 Å². The molecule has 1 fully saturated rings. The first-order valence-electron chi connectivity index (χ1n) is 8.79. The van der Waals surface area contributed by atoms with Gasteiger partial charge in [0.1, 0.15) is 5.82 Å². The van der Waals surface area contributed by atoms with Crippen molar-refractivity contribution in [2.24, 2.45) is 0 Å². The van der Waals surface area contributed by atoms with Gasteiger partial charge < -0.3 is 5.73 Å². The number of pyridine rings is 1. The first-order valence-corrected chi connectivity index (χ1v) is 10.4. The van der Waals surface area contributed by atoms with Crippen molar-refractivity contribution in [1.82, 2.24) is 9.88 Å². The maximum absolute atomic E-state index is 12.7. The summed E-state index contributed by atoms with van der Waals surface area (Å²) in [7, 11) is 0. The number of nitrogens with one attached hydrogen (secondary N) is 1. The predicted molar refractivity (Wildman–Crippen MR) is 109 cm³/mol. The van der Waals surface area contributed by atoms with Crippen LogP contribution in [-0.4, -0.2) is 16.4 Å². The minimum Gasteiger partial charge on any atom is -0.384 e. The maximum atomic E-state index is 12.7. The number of hydrogen-bond acceptors (Lipinski definition) is 4. The van der Waals surface area contributed by atoms with Gasteiger partial charge >= 0.3 is 0 Å². The molecule has 140 valence electrons. The Kier molecular flexibility index (Phi) is 4.71. The summed E-state index contributed by atoms with van der Waals surface area (Å²) in [4.78, 5) is 36.6. The highest BCUT2D eigenvalue weighted by atomic mass is 79.9. The number of halogens is 2. The Morgan fingerprint density at radius 1 is 0.963 bits per heavy atom. The highest BCUT2D eigenvalue weighted by Gasteiger charge is 2.32. The van der Waals surface area contributed by atoms with Crippen LogP contribution in [0.15, 0.2) is 31.9 Å². The molecule has 2 heterocycles. The van der Waals surface area contributed by atoms with E-state index in [1.54, 1.807) is 0 Å². The first-order chi connectivity index (χ1) is 12.9. The van der Waals surface area contributed by atoms with Crippen LogP contribution in [0.25, 0.3) is 5.69 Å². The average Bonchev–Trinajstić information content (AvgIpc) is 2.91. The first kappa shape index (κ1) is 18.4. The van der Waals surface area contributed by atoms with Crippen molar-refractivity contribution in [1.29, 1.82) is 0 Å². The second kappa shape index (κ2) is 6.91. The predicted octanol–water partition coefficient (Wildman–Crippen LogP) is 3.88. The lowest BCUT2D eigenvalue weighted by Crippen LogP contribution is -2.24. The second-order valence-electron chi connectivity index (χ2n) is 6.94. The van der Waals surface area contributed by atoms with Gasteiger partial charge in [-0.05, 0) is 68.3 Å². The molecule has 1 aliphatic carbocycles. The molecule has 2 aliphatic rings. The number of benzene rings is 1. The molecule has 8 heteroatoms. The number of nitrogens with two attached hydrogens (primary N) is 1. The number of imide groups is 1. The third kappa shape index (κ3) is 3.04. The van der Waals surface area contributed by atoms with Gasteiger partial charge in [0.05, 0.1) is 16.8 Å². The van der Waals surface area contributed by atoms with E-state index in [4.69, 9.17) is 5.73 Å². The minimum atomic E-state index is -0.600. The zero-order valence-corrected chi connectivity index (χ0v) is 17.5. The summed E-state index contributed by atoms with van der Waals surface area (Å²) in [6.45, 7) is 0. The molecule has 0 unspecified atom stereocenters. The van der Waals surface area contributed by atoms with E-state index in [2.05, 4.69) is 37.2 Å². The lowest BCUT2D eigenvalue weighted by molar-refractivity contribution is 0.0880. The van der Waals surface area contributed by atoms with E-state index in [0.717, 1.165) is 18.9 Å². The van der Waals surface area contributed by atoms with Crippen molar-refractivity contribution in [2.75, 3.05) is 5.73 Å². The highest BCUT2D eigenvalue weighted by Crippen LogP contribution is 2.39. The van der Waals surface area contributed by atoms with Crippen molar-refractivity contribution in [3.63, 3.8) is 0 Å². The van der Waals surface area contributed by atoms with Crippen LogP contribution in [0.4, 0.5) is 5.82 Å². The molecule has 6 nitrogen and oxygen atoms in total. The summed E-state index contributed by atoms with van der Waals surface area (Å²) in [6.07, 6.45) is 6.03. The van der Waals surface area contributed by atoms with Crippen LogP contribution in [0.1, 0.15) is 64.3 Å². The molecule has 0 spiro atoms. The van der Waals surface area contributed by atoms with Gasteiger partial charge in [-0.1, -0.05) is 19.3 Å². The Hall–Kier alpha value is -1.93. The van der Waals surface area contributed by atoms with E-state index in [1.165, 1.54) is 29.4 Å². The molecule has 3 N–H and O–H groups in total. The van der Waals surface area contributed by atoms with Crippen LogP contribution >= 0.6 is 31.9 Å². The summed E-state index contributed by atoms with van der Waals surface area (Å²) in [5, 5.41) is 2.18. The second-order valence-corrected chi connectivity index (χ2v) is 8.65. The molecule has 0 bridgehead atoms. The molecule has 1 aromatic carbocycles. The number of anilines is 1. The van der Waals surface area contributed by atoms with Crippen LogP contribution in [0.3, 0.4) is 0 Å². The van der Waals surface area contributed by atoms with E-state index < -0.39 is 17.4 Å². The van der Waals surface area contributed by atoms with E-state index in [9.17, 15) is 14.4 Å². The van der Waals surface area contributed by atoms with Gasteiger partial charge in [-0.2, -0.15) is 0 Å². The fourth-order valence-corrected chi connectivity index (χ4v) is 5.56. The van der Waals surface area contributed by atoms with Gasteiger partial charge in [0, 0.05) is 15.0 Å². The number of carbonyl (C=O) groups is 2. The molecule has 1 aromatic heterocycles. The molecule has 1 aliphatic heterocycles. The molecule has 0 atom stereocenters. The molecular weight excluding hydrogens is 478 g/mol. The van der Waals surface area contributed by atoms with Crippen molar-refractivity contribution >= 4 is 49.5 Å². The molecular formula is C19H17Br2N3O3. The van der Waals surface area contributed by atoms with Crippen molar-refractivity contribution < 1.29 is 9.59 Å². The van der Waals surface area contributed by atoms with Gasteiger partial charge in [-0.15, -0.1) is 0 Å². The fourth-order valence-electron chi connectivity index (χ4n) is 3.98. The fraction of sp³-hybridized carbons (Fsp3) is 0.316. The maximum Gasteiger partial charge on any atom is 0.262 e. The van der Waals surface area contributed by atoms with E-state index in [1.807, 2.05) is 12.1 Å². The van der Waals surface area contributed by atoms with Crippen molar-refractivity contribution in [2.45, 2.75) is 38.0 Å². The summed E-state index contributed by atoms with van der Waals surface area (Å²) in [6, 6.07) is 5.18. The lowest BCUT2D eigenvalue weighted by atomic mass is 9.84. The van der Waals surface area contributed by atoms with E-state index in [0.29, 0.717) is 20.6 Å². The number of nitrogen functional groups attached to an aromatic ring is 1. The third-order valence-corrected chi connectivity index (χ3v) is 6.50. The van der Waals surface area contributed by atoms with Gasteiger partial charge in [0.25, 0.3) is 17.4 Å². The molecule has 0 radical (unpaired) electrons. The van der Waals surface area contributed by atoms with Crippen molar-refractivity contribution in [3.8, 4) is 5.69 Å². The van der Waals surface area contributed by atoms with Gasteiger partial charge in [0.15, 0.2) is 0 Å². The number of amides is 2. The summed E-state index contributed by atoms with van der Waals surface area (Å²) >= 11 is 7.13. The molecule has 1 saturated carbocycles. The smallest absolute Gasteiger partial charge is 0.262 e. The van der Waals surface area contributed by atoms with E-state index in [-0.39, 0.29) is 16.9 Å². The molecule has 0 saturated heterocycles. The Balaban J connectivity index is 1.87. The SMILES string of the molecule is Nc1c2c(cc(=O)n1-c1c(Br)cc(C3CCCCC3)cc1Br)C(=O)NC2=O. The van der Waals surface area contributed by atoms with Crippen molar-refractivity contribution in [3.05, 3.63) is 54.2 Å². The van der Waals surface area contributed by atoms with Crippen LogP contribution in [0.2, 0.25) is 0 Å². The van der Waals surface area contributed by atoms with Gasteiger partial charge in [0.2, 0.25) is 0 Å². The van der Waals surface area contributed by atoms with E-state index >= 15 is 0 Å². The number of carbonyl (C=O) groups excluding carboxylic acids is 2. The number of nitrogens with zero attached hydrogens (tertiary/aromatic N) is 1. The quantitative estimate of drug-likeness (QED) is 0.619. The Morgan fingerprint density at radius 3 is 2.22 bits per heavy atom. The Morgan fingerprint density at radius 2 is 1.59 bits per heavy atom. The zero-order valence-electron chi connectivity index (χ0n) is 14.4. The minimum absolute atomic E-state index is 0.0184. The number of fused-ring (bicyclic) bond motifs is 1. The molecule has 4 rings (SSSR count). The standard InChI is InChI=1S/C19H17Br2N3O3/c20-12-6-10(9-4-2-1-3-5-9)7-13(21)16(12)24-14(25)8-11-15(17(24)22)19(27)23-18(11)26/h6-9H,1-5,22H2,(H,23,26,27). The van der Waals surface area contributed by atoms with Gasteiger partial charge in [-0.3, -0.25) is 24.3 Å².